The molecular formula is C19H37KO4S. The monoisotopic (exact) mass is 400 g/mol. The minimum atomic E-state index is -4.59. The quantitative estimate of drug-likeness (QED) is 0.124. The SMILES string of the molecule is CCCC/C=C/C(CCCCCCCCCCC)COS(=O)(=O)[O-].[K+]. The predicted octanol–water partition coefficient (Wildman–Crippen LogP) is 2.75. The summed E-state index contributed by atoms with van der Waals surface area (Å²) in [5, 5.41) is 0. The summed E-state index contributed by atoms with van der Waals surface area (Å²) in [6, 6.07) is 0. The second kappa shape index (κ2) is 20.0. The van der Waals surface area contributed by atoms with Crippen LogP contribution in [0.3, 0.4) is 0 Å². The second-order valence-electron chi connectivity index (χ2n) is 6.64. The normalized spacial score (nSPS) is 13.1. The Labute approximate surface area is 198 Å². The molecule has 0 aliphatic heterocycles. The third-order valence-electron chi connectivity index (χ3n) is 4.24. The molecule has 25 heavy (non-hydrogen) atoms. The van der Waals surface area contributed by atoms with E-state index in [0.29, 0.717) is 0 Å². The zero-order valence-electron chi connectivity index (χ0n) is 16.7. The molecule has 6 heteroatoms. The fourth-order valence-electron chi connectivity index (χ4n) is 2.73. The van der Waals surface area contributed by atoms with E-state index >= 15 is 0 Å². The van der Waals surface area contributed by atoms with Crippen molar-refractivity contribution < 1.29 is 68.5 Å². The van der Waals surface area contributed by atoms with Crippen LogP contribution in [0.5, 0.6) is 0 Å². The van der Waals surface area contributed by atoms with Gasteiger partial charge in [0.2, 0.25) is 10.4 Å². The summed E-state index contributed by atoms with van der Waals surface area (Å²) in [4.78, 5) is 0. The van der Waals surface area contributed by atoms with E-state index in [1.807, 2.05) is 6.08 Å². The van der Waals surface area contributed by atoms with Gasteiger partial charge in [0.15, 0.2) is 0 Å². The standard InChI is InChI=1S/C19H38O4S.K/c1-3-5-7-9-10-11-12-13-15-17-19(16-14-8-6-4-2)18-23-24(20,21)22;/h14,16,19H,3-13,15,17-18H2,1-2H3,(H,20,21,22);/q;+1/p-1/b16-14+;. The summed E-state index contributed by atoms with van der Waals surface area (Å²) < 4.78 is 36.3. The van der Waals surface area contributed by atoms with E-state index in [-0.39, 0.29) is 63.9 Å². The van der Waals surface area contributed by atoms with Crippen LogP contribution < -0.4 is 51.4 Å². The zero-order chi connectivity index (χ0) is 18.1. The van der Waals surface area contributed by atoms with Gasteiger partial charge in [-0.05, 0) is 12.8 Å². The molecule has 0 aromatic carbocycles. The van der Waals surface area contributed by atoms with Crippen LogP contribution in [0, 0.1) is 5.92 Å². The molecule has 0 aliphatic rings. The van der Waals surface area contributed by atoms with Crippen molar-refractivity contribution >= 4 is 10.4 Å². The Morgan fingerprint density at radius 2 is 1.40 bits per heavy atom. The van der Waals surface area contributed by atoms with Crippen LogP contribution in [0.1, 0.15) is 97.3 Å². The van der Waals surface area contributed by atoms with Gasteiger partial charge in [0.05, 0.1) is 6.61 Å². The molecule has 1 unspecified atom stereocenters. The summed E-state index contributed by atoms with van der Waals surface area (Å²) in [5.74, 6) is 0.0233. The average molecular weight is 401 g/mol. The van der Waals surface area contributed by atoms with Crippen molar-refractivity contribution in [1.82, 2.24) is 0 Å². The maximum atomic E-state index is 10.6. The van der Waals surface area contributed by atoms with Crippen molar-refractivity contribution in [2.45, 2.75) is 97.3 Å². The van der Waals surface area contributed by atoms with Crippen LogP contribution in [-0.2, 0) is 14.6 Å². The number of rotatable bonds is 17. The fourth-order valence-corrected chi connectivity index (χ4v) is 3.08. The van der Waals surface area contributed by atoms with Gasteiger partial charge >= 0.3 is 51.4 Å². The first kappa shape index (κ1) is 28.5. The Kier molecular flexibility index (Phi) is 22.8. The van der Waals surface area contributed by atoms with Gasteiger partial charge in [0.25, 0.3) is 0 Å². The van der Waals surface area contributed by atoms with Gasteiger partial charge in [-0.1, -0.05) is 96.6 Å². The molecule has 0 fully saturated rings. The van der Waals surface area contributed by atoms with E-state index in [1.54, 1.807) is 0 Å². The average Bonchev–Trinajstić information content (AvgIpc) is 2.53. The van der Waals surface area contributed by atoms with E-state index in [4.69, 9.17) is 0 Å². The van der Waals surface area contributed by atoms with Gasteiger partial charge in [0, 0.05) is 5.92 Å². The molecule has 144 valence electrons. The molecule has 0 saturated carbocycles. The van der Waals surface area contributed by atoms with E-state index in [2.05, 4.69) is 24.1 Å². The van der Waals surface area contributed by atoms with E-state index in [0.717, 1.165) is 38.5 Å². The Morgan fingerprint density at radius 3 is 1.92 bits per heavy atom. The molecule has 4 nitrogen and oxygen atoms in total. The summed E-state index contributed by atoms with van der Waals surface area (Å²) in [6.07, 6.45) is 19.6. The smallest absolute Gasteiger partial charge is 0.726 e. The summed E-state index contributed by atoms with van der Waals surface area (Å²) in [5.41, 5.74) is 0. The van der Waals surface area contributed by atoms with E-state index < -0.39 is 10.4 Å². The Balaban J connectivity index is 0. The van der Waals surface area contributed by atoms with Crippen LogP contribution in [0.2, 0.25) is 0 Å². The van der Waals surface area contributed by atoms with Gasteiger partial charge in [-0.2, -0.15) is 0 Å². The third-order valence-corrected chi connectivity index (χ3v) is 4.66. The Bertz CT molecular complexity index is 396. The van der Waals surface area contributed by atoms with Gasteiger partial charge in [-0.25, -0.2) is 8.42 Å². The van der Waals surface area contributed by atoms with Crippen LogP contribution in [0.15, 0.2) is 12.2 Å². The molecule has 0 saturated heterocycles. The molecule has 0 heterocycles. The summed E-state index contributed by atoms with van der Waals surface area (Å²) >= 11 is 0. The maximum absolute atomic E-state index is 10.6. The second-order valence-corrected chi connectivity index (χ2v) is 7.69. The largest absolute Gasteiger partial charge is 1.00 e. The molecule has 0 spiro atoms. The molecule has 0 radical (unpaired) electrons. The molecule has 0 aliphatic carbocycles. The Morgan fingerprint density at radius 1 is 0.880 bits per heavy atom. The molecule has 1 atom stereocenters. The van der Waals surface area contributed by atoms with Crippen molar-refractivity contribution in [3.8, 4) is 0 Å². The molecular weight excluding hydrogens is 363 g/mol. The van der Waals surface area contributed by atoms with Crippen LogP contribution in [0.25, 0.3) is 0 Å². The van der Waals surface area contributed by atoms with Crippen molar-refractivity contribution in [2.75, 3.05) is 6.61 Å². The molecule has 0 amide bonds. The number of allylic oxidation sites excluding steroid dienone is 1. The molecule has 0 aromatic rings. The molecule has 0 bridgehead atoms. The number of hydrogen-bond donors (Lipinski definition) is 0. The van der Waals surface area contributed by atoms with E-state index in [9.17, 15) is 13.0 Å². The molecule has 0 rings (SSSR count). The van der Waals surface area contributed by atoms with Gasteiger partial charge < -0.3 is 4.55 Å². The predicted molar refractivity (Wildman–Crippen MR) is 99.6 cm³/mol. The number of unbranched alkanes of at least 4 members (excludes halogenated alkanes) is 10. The number of hydrogen-bond acceptors (Lipinski definition) is 4. The summed E-state index contributed by atoms with van der Waals surface area (Å²) in [6.45, 7) is 4.35. The van der Waals surface area contributed by atoms with Crippen molar-refractivity contribution in [3.63, 3.8) is 0 Å². The van der Waals surface area contributed by atoms with Gasteiger partial charge in [0.1, 0.15) is 0 Å². The minimum absolute atomic E-state index is 0. The minimum Gasteiger partial charge on any atom is -0.726 e. The van der Waals surface area contributed by atoms with Crippen LogP contribution >= 0.6 is 0 Å². The van der Waals surface area contributed by atoms with Crippen molar-refractivity contribution in [3.05, 3.63) is 12.2 Å². The van der Waals surface area contributed by atoms with Crippen molar-refractivity contribution in [1.29, 1.82) is 0 Å². The maximum Gasteiger partial charge on any atom is 1.00 e. The fraction of sp³-hybridized carbons (Fsp3) is 0.895. The molecule has 0 N–H and O–H groups in total. The van der Waals surface area contributed by atoms with Gasteiger partial charge in [-0.3, -0.25) is 4.18 Å². The first-order chi connectivity index (χ1) is 11.5. The first-order valence-corrected chi connectivity index (χ1v) is 11.1. The van der Waals surface area contributed by atoms with Crippen LogP contribution in [0.4, 0.5) is 0 Å². The third kappa shape index (κ3) is 23.2. The first-order valence-electron chi connectivity index (χ1n) is 9.76. The Hall–Kier alpha value is 1.25. The van der Waals surface area contributed by atoms with Crippen molar-refractivity contribution in [2.24, 2.45) is 5.92 Å². The summed E-state index contributed by atoms with van der Waals surface area (Å²) in [7, 11) is -4.59. The topological polar surface area (TPSA) is 66.4 Å². The van der Waals surface area contributed by atoms with Gasteiger partial charge in [-0.15, -0.1) is 0 Å². The van der Waals surface area contributed by atoms with Crippen LogP contribution in [-0.4, -0.2) is 19.6 Å². The van der Waals surface area contributed by atoms with E-state index in [1.165, 1.54) is 44.9 Å². The zero-order valence-corrected chi connectivity index (χ0v) is 20.6. The molecule has 0 aromatic heterocycles.